The molecule has 0 saturated heterocycles. The van der Waals surface area contributed by atoms with Gasteiger partial charge in [0.15, 0.2) is 0 Å². The number of carbonyl (C=O) groups excluding carboxylic acids is 1. The van der Waals surface area contributed by atoms with Gasteiger partial charge in [0, 0.05) is 16.8 Å². The summed E-state index contributed by atoms with van der Waals surface area (Å²) in [6.45, 7) is 5.97. The van der Waals surface area contributed by atoms with Gasteiger partial charge in [0.2, 0.25) is 5.91 Å². The van der Waals surface area contributed by atoms with Crippen molar-refractivity contribution in [3.8, 4) is 0 Å². The number of hydrogen-bond donors (Lipinski definition) is 2. The average Bonchev–Trinajstić information content (AvgIpc) is 3.41. The van der Waals surface area contributed by atoms with Crippen molar-refractivity contribution in [3.05, 3.63) is 64.2 Å². The van der Waals surface area contributed by atoms with E-state index in [1.54, 1.807) is 6.07 Å². The van der Waals surface area contributed by atoms with Gasteiger partial charge in [-0.25, -0.2) is 0 Å². The standard InChI is InChI=1S/C21H25ClN2O/c1-13-4-7-16(8-5-13)20(17-9-10-17)23-15(3)21(25)24-19-12-18(22)11-6-14(19)2/h4-8,11-12,15,17,20,23H,9-10H2,1-3H3,(H,24,25)/t15-,20-/m1/s1. The van der Waals surface area contributed by atoms with Crippen LogP contribution < -0.4 is 10.6 Å². The van der Waals surface area contributed by atoms with E-state index in [4.69, 9.17) is 11.6 Å². The minimum Gasteiger partial charge on any atom is -0.324 e. The van der Waals surface area contributed by atoms with Gasteiger partial charge in [0.1, 0.15) is 0 Å². The third-order valence-electron chi connectivity index (χ3n) is 4.81. The largest absolute Gasteiger partial charge is 0.324 e. The molecule has 0 spiro atoms. The smallest absolute Gasteiger partial charge is 0.241 e. The Bertz CT molecular complexity index is 753. The second-order valence-electron chi connectivity index (χ2n) is 7.06. The van der Waals surface area contributed by atoms with Crippen LogP contribution in [0.1, 0.15) is 42.5 Å². The predicted octanol–water partition coefficient (Wildman–Crippen LogP) is 5.02. The summed E-state index contributed by atoms with van der Waals surface area (Å²) in [4.78, 5) is 12.6. The first-order valence-corrected chi connectivity index (χ1v) is 9.21. The fourth-order valence-corrected chi connectivity index (χ4v) is 3.19. The first-order chi connectivity index (χ1) is 11.9. The van der Waals surface area contributed by atoms with Crippen LogP contribution in [-0.2, 0) is 4.79 Å². The van der Waals surface area contributed by atoms with E-state index in [0.717, 1.165) is 11.3 Å². The van der Waals surface area contributed by atoms with Gasteiger partial charge in [-0.2, -0.15) is 0 Å². The van der Waals surface area contributed by atoms with Gasteiger partial charge >= 0.3 is 0 Å². The highest BCUT2D eigenvalue weighted by atomic mass is 35.5. The van der Waals surface area contributed by atoms with Crippen LogP contribution in [0.3, 0.4) is 0 Å². The predicted molar refractivity (Wildman–Crippen MR) is 104 cm³/mol. The second-order valence-corrected chi connectivity index (χ2v) is 7.50. The maximum Gasteiger partial charge on any atom is 0.241 e. The maximum atomic E-state index is 12.6. The number of nitrogens with one attached hydrogen (secondary N) is 2. The molecule has 25 heavy (non-hydrogen) atoms. The number of rotatable bonds is 6. The number of benzene rings is 2. The molecule has 2 atom stereocenters. The molecular weight excluding hydrogens is 332 g/mol. The fraction of sp³-hybridized carbons (Fsp3) is 0.381. The quantitative estimate of drug-likeness (QED) is 0.762. The Morgan fingerprint density at radius 1 is 1.12 bits per heavy atom. The van der Waals surface area contributed by atoms with Crippen LogP contribution in [0.2, 0.25) is 5.02 Å². The summed E-state index contributed by atoms with van der Waals surface area (Å²) in [5.41, 5.74) is 4.28. The first kappa shape index (κ1) is 18.0. The van der Waals surface area contributed by atoms with Crippen LogP contribution in [-0.4, -0.2) is 11.9 Å². The van der Waals surface area contributed by atoms with Crippen LogP contribution in [0.15, 0.2) is 42.5 Å². The number of hydrogen-bond acceptors (Lipinski definition) is 2. The number of aryl methyl sites for hydroxylation is 2. The van der Waals surface area contributed by atoms with E-state index >= 15 is 0 Å². The molecule has 0 radical (unpaired) electrons. The maximum absolute atomic E-state index is 12.6. The summed E-state index contributed by atoms with van der Waals surface area (Å²) in [6, 6.07) is 14.1. The highest BCUT2D eigenvalue weighted by Crippen LogP contribution is 2.41. The molecular formula is C21H25ClN2O. The lowest BCUT2D eigenvalue weighted by Crippen LogP contribution is -2.41. The molecule has 2 aromatic rings. The molecule has 2 aromatic carbocycles. The normalized spacial score (nSPS) is 16.3. The molecule has 0 aromatic heterocycles. The number of anilines is 1. The number of carbonyl (C=O) groups is 1. The lowest BCUT2D eigenvalue weighted by atomic mass is 10.00. The third kappa shape index (κ3) is 4.62. The molecule has 132 valence electrons. The van der Waals surface area contributed by atoms with Gasteiger partial charge < -0.3 is 5.32 Å². The van der Waals surface area contributed by atoms with E-state index in [0.29, 0.717) is 10.9 Å². The summed E-state index contributed by atoms with van der Waals surface area (Å²) in [5.74, 6) is 0.578. The molecule has 0 bridgehead atoms. The van der Waals surface area contributed by atoms with Crippen molar-refractivity contribution in [2.45, 2.75) is 45.7 Å². The van der Waals surface area contributed by atoms with Gasteiger partial charge in [-0.1, -0.05) is 47.5 Å². The minimum atomic E-state index is -0.287. The molecule has 1 aliphatic carbocycles. The zero-order valence-electron chi connectivity index (χ0n) is 15.0. The van der Waals surface area contributed by atoms with E-state index in [-0.39, 0.29) is 18.0 Å². The molecule has 0 aliphatic heterocycles. The summed E-state index contributed by atoms with van der Waals surface area (Å²) < 4.78 is 0. The van der Waals surface area contributed by atoms with E-state index in [1.165, 1.54) is 24.0 Å². The average molecular weight is 357 g/mol. The zero-order chi connectivity index (χ0) is 18.0. The third-order valence-corrected chi connectivity index (χ3v) is 5.05. The number of halogens is 1. The van der Waals surface area contributed by atoms with Crippen LogP contribution >= 0.6 is 11.6 Å². The Morgan fingerprint density at radius 2 is 1.80 bits per heavy atom. The second kappa shape index (κ2) is 7.59. The Hall–Kier alpha value is -1.84. The lowest BCUT2D eigenvalue weighted by Gasteiger charge is -2.24. The topological polar surface area (TPSA) is 41.1 Å². The van der Waals surface area contributed by atoms with Crippen LogP contribution in [0, 0.1) is 19.8 Å². The van der Waals surface area contributed by atoms with Crippen LogP contribution in [0.4, 0.5) is 5.69 Å². The van der Waals surface area contributed by atoms with Gasteiger partial charge in [-0.15, -0.1) is 0 Å². The summed E-state index contributed by atoms with van der Waals surface area (Å²) >= 11 is 6.04. The van der Waals surface area contributed by atoms with Gasteiger partial charge in [-0.05, 0) is 62.8 Å². The SMILES string of the molecule is Cc1ccc([C@@H](N[C@H](C)C(=O)Nc2cc(Cl)ccc2C)C2CC2)cc1. The molecule has 0 heterocycles. The van der Waals surface area contributed by atoms with E-state index in [2.05, 4.69) is 41.8 Å². The Morgan fingerprint density at radius 3 is 2.44 bits per heavy atom. The Labute approximate surface area is 154 Å². The van der Waals surface area contributed by atoms with Crippen molar-refractivity contribution in [3.63, 3.8) is 0 Å². The molecule has 4 heteroatoms. The Balaban J connectivity index is 1.68. The van der Waals surface area contributed by atoms with E-state index < -0.39 is 0 Å². The van der Waals surface area contributed by atoms with Crippen LogP contribution in [0.25, 0.3) is 0 Å². The molecule has 1 saturated carbocycles. The summed E-state index contributed by atoms with van der Waals surface area (Å²) in [5, 5.41) is 7.14. The Kier molecular flexibility index (Phi) is 5.45. The van der Waals surface area contributed by atoms with E-state index in [1.807, 2.05) is 26.0 Å². The van der Waals surface area contributed by atoms with Crippen LogP contribution in [0.5, 0.6) is 0 Å². The molecule has 3 nitrogen and oxygen atoms in total. The highest BCUT2D eigenvalue weighted by Gasteiger charge is 2.34. The number of amides is 1. The summed E-state index contributed by atoms with van der Waals surface area (Å²) in [6.07, 6.45) is 2.43. The molecule has 2 N–H and O–H groups in total. The van der Waals surface area contributed by atoms with Crippen molar-refractivity contribution in [2.24, 2.45) is 5.92 Å². The zero-order valence-corrected chi connectivity index (χ0v) is 15.7. The highest BCUT2D eigenvalue weighted by molar-refractivity contribution is 6.31. The van der Waals surface area contributed by atoms with Crippen molar-refractivity contribution in [1.29, 1.82) is 0 Å². The van der Waals surface area contributed by atoms with Crippen molar-refractivity contribution in [2.75, 3.05) is 5.32 Å². The molecule has 0 unspecified atom stereocenters. The monoisotopic (exact) mass is 356 g/mol. The summed E-state index contributed by atoms with van der Waals surface area (Å²) in [7, 11) is 0. The molecule has 3 rings (SSSR count). The fourth-order valence-electron chi connectivity index (χ4n) is 3.02. The van der Waals surface area contributed by atoms with Gasteiger partial charge in [0.05, 0.1) is 6.04 Å². The van der Waals surface area contributed by atoms with Crippen molar-refractivity contribution < 1.29 is 4.79 Å². The molecule has 1 fully saturated rings. The first-order valence-electron chi connectivity index (χ1n) is 8.83. The lowest BCUT2D eigenvalue weighted by molar-refractivity contribution is -0.118. The minimum absolute atomic E-state index is 0.0388. The van der Waals surface area contributed by atoms with Gasteiger partial charge in [-0.3, -0.25) is 10.1 Å². The van der Waals surface area contributed by atoms with Gasteiger partial charge in [0.25, 0.3) is 0 Å². The molecule has 1 amide bonds. The van der Waals surface area contributed by atoms with E-state index in [9.17, 15) is 4.79 Å². The van der Waals surface area contributed by atoms with Crippen molar-refractivity contribution in [1.82, 2.24) is 5.32 Å². The van der Waals surface area contributed by atoms with Crippen molar-refractivity contribution >= 4 is 23.2 Å². The molecule has 1 aliphatic rings.